The summed E-state index contributed by atoms with van der Waals surface area (Å²) in [5, 5.41) is 13.2. The van der Waals surface area contributed by atoms with Crippen LogP contribution in [0.15, 0.2) is 66.7 Å². The summed E-state index contributed by atoms with van der Waals surface area (Å²) in [5.41, 5.74) is 7.32. The number of anilines is 1. The van der Waals surface area contributed by atoms with Crippen LogP contribution in [0.25, 0.3) is 0 Å². The third-order valence-electron chi connectivity index (χ3n) is 5.03. The van der Waals surface area contributed by atoms with Crippen molar-refractivity contribution in [3.05, 3.63) is 101 Å². The van der Waals surface area contributed by atoms with Gasteiger partial charge in [0.1, 0.15) is 17.5 Å². The van der Waals surface area contributed by atoms with Crippen LogP contribution in [0.5, 0.6) is 0 Å². The Morgan fingerprint density at radius 1 is 1.03 bits per heavy atom. The number of halogens is 3. The van der Waals surface area contributed by atoms with Crippen LogP contribution in [0.1, 0.15) is 35.3 Å². The van der Waals surface area contributed by atoms with E-state index in [0.29, 0.717) is 5.56 Å². The fourth-order valence-corrected chi connectivity index (χ4v) is 3.29. The molecule has 0 aromatic heterocycles. The number of amidine groups is 1. The van der Waals surface area contributed by atoms with Crippen LogP contribution in [0.3, 0.4) is 0 Å². The van der Waals surface area contributed by atoms with Crippen molar-refractivity contribution in [2.24, 2.45) is 5.73 Å². The molecule has 180 valence electrons. The lowest BCUT2D eigenvalue weighted by atomic mass is 10.0. The molecule has 3 rings (SSSR count). The summed E-state index contributed by atoms with van der Waals surface area (Å²) in [5.74, 6) is -2.39. The molecule has 1 atom stereocenters. The van der Waals surface area contributed by atoms with Crippen molar-refractivity contribution in [3.63, 3.8) is 0 Å². The zero-order valence-electron chi connectivity index (χ0n) is 18.6. The predicted molar refractivity (Wildman–Crippen MR) is 131 cm³/mol. The molecule has 34 heavy (non-hydrogen) atoms. The fourth-order valence-electron chi connectivity index (χ4n) is 3.29. The smallest absolute Gasteiger partial charge is 0.254 e. The molecule has 0 fully saturated rings. The normalized spacial score (nSPS) is 11.3. The third kappa shape index (κ3) is 6.76. The van der Waals surface area contributed by atoms with Gasteiger partial charge < -0.3 is 21.1 Å². The first kappa shape index (κ1) is 26.8. The molecular weight excluding hydrogens is 462 g/mol. The van der Waals surface area contributed by atoms with Crippen LogP contribution >= 0.6 is 12.4 Å². The van der Waals surface area contributed by atoms with Gasteiger partial charge in [0.05, 0.1) is 5.56 Å². The lowest BCUT2D eigenvalue weighted by molar-refractivity contribution is -0.133. The number of carbonyl (C=O) groups is 1. The highest BCUT2D eigenvalue weighted by Gasteiger charge is 2.29. The highest BCUT2D eigenvalue weighted by atomic mass is 35.5. The second-order valence-electron chi connectivity index (χ2n) is 7.32. The summed E-state index contributed by atoms with van der Waals surface area (Å²) in [6.45, 7) is 1.99. The second-order valence-corrected chi connectivity index (χ2v) is 7.32. The topological polar surface area (TPSA) is 100 Å². The van der Waals surface area contributed by atoms with Crippen LogP contribution in [0, 0.1) is 17.0 Å². The summed E-state index contributed by atoms with van der Waals surface area (Å²) in [7, 11) is 0. The molecule has 0 aliphatic heterocycles. The first-order valence-corrected chi connectivity index (χ1v) is 10.5. The molecule has 0 radical (unpaired) electrons. The molecule has 9 heteroatoms. The molecule has 5 N–H and O–H groups in total. The van der Waals surface area contributed by atoms with Crippen LogP contribution in [0.4, 0.5) is 14.5 Å². The minimum Gasteiger partial charge on any atom is -0.384 e. The maximum atomic E-state index is 15.3. The Kier molecular flexibility index (Phi) is 9.97. The third-order valence-corrected chi connectivity index (χ3v) is 5.03. The van der Waals surface area contributed by atoms with Gasteiger partial charge in [-0.1, -0.05) is 48.5 Å². The summed E-state index contributed by atoms with van der Waals surface area (Å²) < 4.78 is 35.4. The molecule has 0 saturated carbocycles. The quantitative estimate of drug-likeness (QED) is 0.246. The minimum atomic E-state index is -1.44. The average molecular weight is 489 g/mol. The monoisotopic (exact) mass is 488 g/mol. The van der Waals surface area contributed by atoms with E-state index in [2.05, 4.69) is 10.6 Å². The Labute approximate surface area is 203 Å². The Balaban J connectivity index is 0.00000408. The van der Waals surface area contributed by atoms with E-state index in [1.165, 1.54) is 6.07 Å². The number of nitrogen functional groups attached to an aromatic ring is 1. The molecule has 3 aromatic carbocycles. The first-order valence-electron chi connectivity index (χ1n) is 10.5. The lowest BCUT2D eigenvalue weighted by Gasteiger charge is -2.20. The lowest BCUT2D eigenvalue weighted by Crippen LogP contribution is -2.32. The van der Waals surface area contributed by atoms with E-state index in [1.54, 1.807) is 31.2 Å². The van der Waals surface area contributed by atoms with Crippen molar-refractivity contribution in [2.75, 3.05) is 11.9 Å². The van der Waals surface area contributed by atoms with E-state index in [1.807, 2.05) is 30.3 Å². The van der Waals surface area contributed by atoms with E-state index in [4.69, 9.17) is 15.9 Å². The van der Waals surface area contributed by atoms with Gasteiger partial charge in [0, 0.05) is 36.5 Å². The maximum absolute atomic E-state index is 15.3. The summed E-state index contributed by atoms with van der Waals surface area (Å²) in [4.78, 5) is 12.8. The molecule has 0 heterocycles. The van der Waals surface area contributed by atoms with Crippen LogP contribution < -0.4 is 16.4 Å². The van der Waals surface area contributed by atoms with Crippen molar-refractivity contribution in [1.82, 2.24) is 5.32 Å². The highest BCUT2D eigenvalue weighted by molar-refractivity contribution is 5.94. The van der Waals surface area contributed by atoms with Gasteiger partial charge in [-0.25, -0.2) is 8.78 Å². The number of benzene rings is 3. The van der Waals surface area contributed by atoms with E-state index in [-0.39, 0.29) is 43.5 Å². The van der Waals surface area contributed by atoms with E-state index in [0.717, 1.165) is 17.3 Å². The van der Waals surface area contributed by atoms with Gasteiger partial charge in [-0.05, 0) is 30.7 Å². The molecule has 0 bridgehead atoms. The standard InChI is InChI=1S/C25H26F2N4O2.ClH/c1-2-33-23(25(32)31-14-16-8-10-17(11-9-16)24(28)29)21-20(26)13-12-18(22(21)27)15-30-19-6-4-3-5-7-19;/h3-13,23,30H,2,14-15H2,1H3,(H3,28,29)(H,31,32);1H. The number of para-hydroxylation sites is 1. The Bertz CT molecular complexity index is 1110. The molecule has 0 saturated heterocycles. The zero-order valence-corrected chi connectivity index (χ0v) is 19.4. The maximum Gasteiger partial charge on any atom is 0.254 e. The molecule has 3 aromatic rings. The zero-order chi connectivity index (χ0) is 23.8. The first-order chi connectivity index (χ1) is 15.9. The molecule has 0 aliphatic carbocycles. The number of amides is 1. The predicted octanol–water partition coefficient (Wildman–Crippen LogP) is 4.68. The number of rotatable bonds is 10. The SMILES string of the molecule is CCOC(C(=O)NCc1ccc(C(=N)N)cc1)c1c(F)ccc(CNc2ccccc2)c1F.Cl. The van der Waals surface area contributed by atoms with Crippen LogP contribution in [-0.2, 0) is 22.6 Å². The number of carbonyl (C=O) groups excluding carboxylic acids is 1. The Morgan fingerprint density at radius 2 is 1.71 bits per heavy atom. The van der Waals surface area contributed by atoms with Gasteiger partial charge in [0.25, 0.3) is 5.91 Å². The number of nitrogens with one attached hydrogen (secondary N) is 3. The van der Waals surface area contributed by atoms with Crippen LogP contribution in [0.2, 0.25) is 0 Å². The van der Waals surface area contributed by atoms with Crippen molar-refractivity contribution in [3.8, 4) is 0 Å². The van der Waals surface area contributed by atoms with E-state index < -0.39 is 29.2 Å². The van der Waals surface area contributed by atoms with Gasteiger partial charge in [0.2, 0.25) is 0 Å². The molecule has 0 spiro atoms. The van der Waals surface area contributed by atoms with E-state index in [9.17, 15) is 9.18 Å². The van der Waals surface area contributed by atoms with Gasteiger partial charge in [-0.3, -0.25) is 10.2 Å². The minimum absolute atomic E-state index is 0. The van der Waals surface area contributed by atoms with E-state index >= 15 is 4.39 Å². The Morgan fingerprint density at radius 3 is 2.32 bits per heavy atom. The molecule has 1 unspecified atom stereocenters. The molecule has 1 amide bonds. The van der Waals surface area contributed by atoms with Crippen LogP contribution in [-0.4, -0.2) is 18.3 Å². The summed E-state index contributed by atoms with van der Waals surface area (Å²) >= 11 is 0. The largest absolute Gasteiger partial charge is 0.384 e. The molecule has 0 aliphatic rings. The second kappa shape index (κ2) is 12.7. The number of nitrogens with two attached hydrogens (primary N) is 1. The van der Waals surface area contributed by atoms with Crippen molar-refractivity contribution in [1.29, 1.82) is 5.41 Å². The number of hydrogen-bond acceptors (Lipinski definition) is 4. The number of hydrogen-bond donors (Lipinski definition) is 4. The average Bonchev–Trinajstić information content (AvgIpc) is 2.82. The summed E-state index contributed by atoms with van der Waals surface area (Å²) in [6.07, 6.45) is -1.44. The fraction of sp³-hybridized carbons (Fsp3) is 0.200. The van der Waals surface area contributed by atoms with Gasteiger partial charge >= 0.3 is 0 Å². The van der Waals surface area contributed by atoms with Gasteiger partial charge in [0.15, 0.2) is 6.10 Å². The van der Waals surface area contributed by atoms with Crippen molar-refractivity contribution in [2.45, 2.75) is 26.1 Å². The number of ether oxygens (including phenoxy) is 1. The van der Waals surface area contributed by atoms with Gasteiger partial charge in [-0.2, -0.15) is 0 Å². The molecule has 6 nitrogen and oxygen atoms in total. The Hall–Kier alpha value is -3.49. The van der Waals surface area contributed by atoms with Crippen molar-refractivity contribution >= 4 is 29.8 Å². The highest BCUT2D eigenvalue weighted by Crippen LogP contribution is 2.27. The van der Waals surface area contributed by atoms with Gasteiger partial charge in [-0.15, -0.1) is 12.4 Å². The summed E-state index contributed by atoms with van der Waals surface area (Å²) in [6, 6.07) is 18.5. The van der Waals surface area contributed by atoms with Crippen molar-refractivity contribution < 1.29 is 18.3 Å². The molecular formula is C25H27ClF2N4O2.